The molecule has 0 aliphatic rings. The van der Waals surface area contributed by atoms with Gasteiger partial charge in [-0.1, -0.05) is 0 Å². The first kappa shape index (κ1) is 12.0. The number of nitrogens with zero attached hydrogens (tertiary/aromatic N) is 2. The SMILES string of the molecule is Nc1ccc(-n2nc(C(F)(F)F)cc2Br)cc1. The number of nitrogens with two attached hydrogens (primary N) is 1. The number of hydrogen-bond acceptors (Lipinski definition) is 2. The van der Waals surface area contributed by atoms with Crippen molar-refractivity contribution in [2.45, 2.75) is 6.18 Å². The van der Waals surface area contributed by atoms with Gasteiger partial charge < -0.3 is 5.73 Å². The molecule has 0 fully saturated rings. The van der Waals surface area contributed by atoms with Gasteiger partial charge in [-0.25, -0.2) is 4.68 Å². The minimum atomic E-state index is -4.46. The third kappa shape index (κ3) is 2.44. The van der Waals surface area contributed by atoms with E-state index in [0.29, 0.717) is 11.4 Å². The summed E-state index contributed by atoms with van der Waals surface area (Å²) in [6.45, 7) is 0. The molecule has 0 amide bonds. The largest absolute Gasteiger partial charge is 0.435 e. The molecule has 1 aromatic carbocycles. The average Bonchev–Trinajstić information content (AvgIpc) is 2.61. The first-order valence-electron chi connectivity index (χ1n) is 4.56. The van der Waals surface area contributed by atoms with Crippen molar-refractivity contribution < 1.29 is 13.2 Å². The van der Waals surface area contributed by atoms with Crippen LogP contribution in [-0.2, 0) is 6.18 Å². The Balaban J connectivity index is 2.46. The lowest BCUT2D eigenvalue weighted by atomic mass is 10.3. The second-order valence-corrected chi connectivity index (χ2v) is 4.17. The van der Waals surface area contributed by atoms with Crippen LogP contribution in [0.3, 0.4) is 0 Å². The summed E-state index contributed by atoms with van der Waals surface area (Å²) in [5, 5.41) is 3.48. The molecule has 17 heavy (non-hydrogen) atoms. The van der Waals surface area contributed by atoms with Crippen molar-refractivity contribution in [1.29, 1.82) is 0 Å². The topological polar surface area (TPSA) is 43.8 Å². The zero-order valence-corrected chi connectivity index (χ0v) is 9.96. The highest BCUT2D eigenvalue weighted by atomic mass is 79.9. The highest BCUT2D eigenvalue weighted by Gasteiger charge is 2.34. The molecule has 1 heterocycles. The van der Waals surface area contributed by atoms with Gasteiger partial charge in [0.25, 0.3) is 0 Å². The second-order valence-electron chi connectivity index (χ2n) is 3.35. The molecular formula is C10H7BrF3N3. The molecule has 90 valence electrons. The molecule has 1 aromatic heterocycles. The number of alkyl halides is 3. The third-order valence-electron chi connectivity index (χ3n) is 2.09. The number of aromatic nitrogens is 2. The van der Waals surface area contributed by atoms with Gasteiger partial charge in [-0.2, -0.15) is 18.3 Å². The Morgan fingerprint density at radius 2 is 1.76 bits per heavy atom. The highest BCUT2D eigenvalue weighted by molar-refractivity contribution is 9.10. The maximum Gasteiger partial charge on any atom is 0.435 e. The van der Waals surface area contributed by atoms with Crippen molar-refractivity contribution in [3.63, 3.8) is 0 Å². The van der Waals surface area contributed by atoms with Gasteiger partial charge in [0.15, 0.2) is 5.69 Å². The van der Waals surface area contributed by atoms with Crippen LogP contribution in [0.15, 0.2) is 34.9 Å². The fraction of sp³-hybridized carbons (Fsp3) is 0.100. The third-order valence-corrected chi connectivity index (χ3v) is 2.66. The standard InChI is InChI=1S/C10H7BrF3N3/c11-9-5-8(10(12,13)14)16-17(9)7-3-1-6(15)2-4-7/h1-5H,15H2. The quantitative estimate of drug-likeness (QED) is 0.822. The Morgan fingerprint density at radius 1 is 1.18 bits per heavy atom. The molecule has 0 aliphatic carbocycles. The van der Waals surface area contributed by atoms with Crippen LogP contribution < -0.4 is 5.73 Å². The summed E-state index contributed by atoms with van der Waals surface area (Å²) < 4.78 is 38.7. The Hall–Kier alpha value is -1.50. The molecule has 7 heteroatoms. The summed E-state index contributed by atoms with van der Waals surface area (Å²) in [5.41, 5.74) is 5.59. The van der Waals surface area contributed by atoms with Crippen LogP contribution in [0.1, 0.15) is 5.69 Å². The minimum absolute atomic E-state index is 0.231. The van der Waals surface area contributed by atoms with Crippen LogP contribution in [-0.4, -0.2) is 9.78 Å². The number of halogens is 4. The van der Waals surface area contributed by atoms with Gasteiger partial charge in [-0.15, -0.1) is 0 Å². The molecule has 2 rings (SSSR count). The zero-order valence-electron chi connectivity index (χ0n) is 8.37. The molecule has 2 aromatic rings. The van der Waals surface area contributed by atoms with E-state index in [4.69, 9.17) is 5.73 Å². The lowest BCUT2D eigenvalue weighted by Crippen LogP contribution is -2.07. The number of anilines is 1. The zero-order chi connectivity index (χ0) is 12.6. The molecule has 2 N–H and O–H groups in total. The predicted molar refractivity (Wildman–Crippen MR) is 60.7 cm³/mol. The van der Waals surface area contributed by atoms with Crippen LogP contribution in [0.5, 0.6) is 0 Å². The maximum atomic E-state index is 12.4. The van der Waals surface area contributed by atoms with Gasteiger partial charge in [-0.3, -0.25) is 0 Å². The van der Waals surface area contributed by atoms with Gasteiger partial charge >= 0.3 is 6.18 Å². The monoisotopic (exact) mass is 305 g/mol. The first-order valence-corrected chi connectivity index (χ1v) is 5.36. The molecule has 0 spiro atoms. The molecule has 0 atom stereocenters. The van der Waals surface area contributed by atoms with E-state index in [-0.39, 0.29) is 4.60 Å². The fourth-order valence-corrected chi connectivity index (χ4v) is 1.79. The van der Waals surface area contributed by atoms with E-state index >= 15 is 0 Å². The van der Waals surface area contributed by atoms with E-state index in [9.17, 15) is 13.2 Å². The smallest absolute Gasteiger partial charge is 0.399 e. The lowest BCUT2D eigenvalue weighted by Gasteiger charge is -2.04. The Labute approximate surface area is 103 Å². The fourth-order valence-electron chi connectivity index (χ4n) is 1.29. The molecule has 0 radical (unpaired) electrons. The second kappa shape index (κ2) is 4.06. The van der Waals surface area contributed by atoms with Gasteiger partial charge in [0.2, 0.25) is 0 Å². The van der Waals surface area contributed by atoms with Crippen molar-refractivity contribution in [2.24, 2.45) is 0 Å². The summed E-state index contributed by atoms with van der Waals surface area (Å²) >= 11 is 3.03. The summed E-state index contributed by atoms with van der Waals surface area (Å²) in [7, 11) is 0. The molecular weight excluding hydrogens is 299 g/mol. The Bertz CT molecular complexity index is 531. The molecule has 0 unspecified atom stereocenters. The van der Waals surface area contributed by atoms with Crippen molar-refractivity contribution in [3.8, 4) is 5.69 Å². The molecule has 0 aliphatic heterocycles. The maximum absolute atomic E-state index is 12.4. The van der Waals surface area contributed by atoms with Gasteiger partial charge in [0.05, 0.1) is 5.69 Å². The van der Waals surface area contributed by atoms with Crippen molar-refractivity contribution >= 4 is 21.6 Å². The minimum Gasteiger partial charge on any atom is -0.399 e. The number of hydrogen-bond donors (Lipinski definition) is 1. The van der Waals surface area contributed by atoms with Crippen LogP contribution in [0.4, 0.5) is 18.9 Å². The van der Waals surface area contributed by atoms with E-state index in [1.807, 2.05) is 0 Å². The molecule has 3 nitrogen and oxygen atoms in total. The van der Waals surface area contributed by atoms with Crippen molar-refractivity contribution in [1.82, 2.24) is 9.78 Å². The molecule has 0 saturated heterocycles. The molecule has 0 bridgehead atoms. The summed E-state index contributed by atoms with van der Waals surface area (Å²) in [6.07, 6.45) is -4.46. The molecule has 0 saturated carbocycles. The van der Waals surface area contributed by atoms with E-state index in [2.05, 4.69) is 21.0 Å². The van der Waals surface area contributed by atoms with E-state index in [1.165, 1.54) is 0 Å². The van der Waals surface area contributed by atoms with E-state index < -0.39 is 11.9 Å². The van der Waals surface area contributed by atoms with Crippen LogP contribution in [0.2, 0.25) is 0 Å². The average molecular weight is 306 g/mol. The highest BCUT2D eigenvalue weighted by Crippen LogP contribution is 2.31. The normalized spacial score (nSPS) is 11.8. The van der Waals surface area contributed by atoms with Crippen LogP contribution in [0.25, 0.3) is 5.69 Å². The van der Waals surface area contributed by atoms with E-state index in [0.717, 1.165) is 10.7 Å². The summed E-state index contributed by atoms with van der Waals surface area (Å²) in [5.74, 6) is 0. The number of nitrogen functional groups attached to an aromatic ring is 1. The summed E-state index contributed by atoms with van der Waals surface area (Å²) in [4.78, 5) is 0. The van der Waals surface area contributed by atoms with E-state index in [1.54, 1.807) is 24.3 Å². The number of benzene rings is 1. The Kier molecular flexibility index (Phi) is 2.86. The lowest BCUT2D eigenvalue weighted by molar-refractivity contribution is -0.141. The Morgan fingerprint density at radius 3 is 2.24 bits per heavy atom. The van der Waals surface area contributed by atoms with Crippen molar-refractivity contribution in [3.05, 3.63) is 40.6 Å². The first-order chi connectivity index (χ1) is 7.88. The summed E-state index contributed by atoms with van der Waals surface area (Å²) in [6, 6.07) is 7.30. The van der Waals surface area contributed by atoms with Gasteiger partial charge in [-0.05, 0) is 40.2 Å². The van der Waals surface area contributed by atoms with Gasteiger partial charge in [0, 0.05) is 11.8 Å². The number of rotatable bonds is 1. The van der Waals surface area contributed by atoms with Crippen LogP contribution >= 0.6 is 15.9 Å². The predicted octanol–water partition coefficient (Wildman–Crippen LogP) is 3.24. The van der Waals surface area contributed by atoms with Crippen LogP contribution in [0, 0.1) is 0 Å². The van der Waals surface area contributed by atoms with Crippen molar-refractivity contribution in [2.75, 3.05) is 5.73 Å². The van der Waals surface area contributed by atoms with Gasteiger partial charge in [0.1, 0.15) is 4.60 Å².